The molecule has 2 heterocycles. The highest BCUT2D eigenvalue weighted by atomic mass is 19.1. The van der Waals surface area contributed by atoms with Crippen LogP contribution in [0.3, 0.4) is 0 Å². The molecule has 4 rings (SSSR count). The second kappa shape index (κ2) is 9.62. The summed E-state index contributed by atoms with van der Waals surface area (Å²) in [5.74, 6) is -3.17. The number of fused-ring (bicyclic) bond motifs is 2. The standard InChI is InChI=1S/C27H30FN3O4/c1-4-5-16-30-21-10-7-6-9-20(21)27(26(30)35)22(23(32)18-11-13-19(28)14-12-18)24(33)25(34)31(27)17-8-15-29(2)3/h6-7,9-14,32H,4-5,8,15-17H2,1-3H3/t27-/m0/s1. The fourth-order valence-electron chi connectivity index (χ4n) is 5.00. The number of aliphatic hydroxyl groups is 1. The summed E-state index contributed by atoms with van der Waals surface area (Å²) in [6.45, 7) is 3.24. The Labute approximate surface area is 204 Å². The molecule has 1 fully saturated rings. The molecule has 0 unspecified atom stereocenters. The first-order valence-corrected chi connectivity index (χ1v) is 11.9. The first kappa shape index (κ1) is 24.6. The quantitative estimate of drug-likeness (QED) is 0.356. The van der Waals surface area contributed by atoms with Gasteiger partial charge in [-0.15, -0.1) is 0 Å². The number of likely N-dealkylation sites (tertiary alicyclic amines) is 1. The Balaban J connectivity index is 1.97. The van der Waals surface area contributed by atoms with Crippen LogP contribution in [0, 0.1) is 5.82 Å². The van der Waals surface area contributed by atoms with E-state index >= 15 is 0 Å². The summed E-state index contributed by atoms with van der Waals surface area (Å²) >= 11 is 0. The minimum Gasteiger partial charge on any atom is -0.507 e. The van der Waals surface area contributed by atoms with Crippen molar-refractivity contribution in [1.29, 1.82) is 0 Å². The fourth-order valence-corrected chi connectivity index (χ4v) is 5.00. The van der Waals surface area contributed by atoms with E-state index in [1.807, 2.05) is 32.0 Å². The zero-order valence-electron chi connectivity index (χ0n) is 20.3. The number of carbonyl (C=O) groups excluding carboxylic acids is 3. The molecule has 0 aromatic heterocycles. The summed E-state index contributed by atoms with van der Waals surface area (Å²) in [5.41, 5.74) is -0.766. The molecule has 2 aromatic carbocycles. The van der Waals surface area contributed by atoms with Gasteiger partial charge >= 0.3 is 0 Å². The molecule has 2 amide bonds. The second-order valence-corrected chi connectivity index (χ2v) is 9.21. The van der Waals surface area contributed by atoms with E-state index < -0.39 is 34.7 Å². The summed E-state index contributed by atoms with van der Waals surface area (Å²) in [7, 11) is 3.81. The van der Waals surface area contributed by atoms with Crippen LogP contribution < -0.4 is 4.90 Å². The normalized spacial score (nSPS) is 21.0. The van der Waals surface area contributed by atoms with Crippen LogP contribution in [0.15, 0.2) is 54.1 Å². The van der Waals surface area contributed by atoms with Crippen molar-refractivity contribution >= 4 is 29.0 Å². The molecule has 1 N–H and O–H groups in total. The van der Waals surface area contributed by atoms with E-state index in [1.165, 1.54) is 17.0 Å². The van der Waals surface area contributed by atoms with E-state index in [0.717, 1.165) is 25.0 Å². The monoisotopic (exact) mass is 479 g/mol. The maximum Gasteiger partial charge on any atom is 0.296 e. The van der Waals surface area contributed by atoms with Gasteiger partial charge in [-0.05, 0) is 63.8 Å². The van der Waals surface area contributed by atoms with E-state index in [1.54, 1.807) is 23.1 Å². The largest absolute Gasteiger partial charge is 0.507 e. The summed E-state index contributed by atoms with van der Waals surface area (Å²) in [4.78, 5) is 46.0. The smallest absolute Gasteiger partial charge is 0.296 e. The summed E-state index contributed by atoms with van der Waals surface area (Å²) < 4.78 is 13.6. The number of anilines is 1. The third-order valence-electron chi connectivity index (χ3n) is 6.65. The molecular weight excluding hydrogens is 449 g/mol. The predicted octanol–water partition coefficient (Wildman–Crippen LogP) is 3.50. The van der Waals surface area contributed by atoms with Gasteiger partial charge in [0.15, 0.2) is 5.54 Å². The van der Waals surface area contributed by atoms with Crippen molar-refractivity contribution < 1.29 is 23.9 Å². The van der Waals surface area contributed by atoms with E-state index in [0.29, 0.717) is 30.8 Å². The second-order valence-electron chi connectivity index (χ2n) is 9.21. The van der Waals surface area contributed by atoms with Gasteiger partial charge in [0.1, 0.15) is 11.6 Å². The number of unbranched alkanes of at least 4 members (excludes halogenated alkanes) is 1. The average molecular weight is 480 g/mol. The van der Waals surface area contributed by atoms with Crippen LogP contribution in [-0.4, -0.2) is 66.2 Å². The first-order chi connectivity index (χ1) is 16.7. The van der Waals surface area contributed by atoms with Gasteiger partial charge in [-0.1, -0.05) is 31.5 Å². The first-order valence-electron chi connectivity index (χ1n) is 11.9. The minimum absolute atomic E-state index is 0.157. The Morgan fingerprint density at radius 3 is 2.34 bits per heavy atom. The number of Topliss-reactive ketones (excluding diaryl/α,β-unsaturated/α-hetero) is 1. The number of benzene rings is 2. The SMILES string of the molecule is CCCCN1C(=O)[C@@]2(C(=C(O)c3ccc(F)cc3)C(=O)C(=O)N2CCCN(C)C)c2ccccc21. The number of nitrogens with zero attached hydrogens (tertiary/aromatic N) is 3. The molecule has 2 aliphatic heterocycles. The molecule has 0 bridgehead atoms. The van der Waals surface area contributed by atoms with Gasteiger partial charge in [-0.3, -0.25) is 14.4 Å². The lowest BCUT2D eigenvalue weighted by atomic mass is 9.82. The van der Waals surface area contributed by atoms with E-state index in [9.17, 15) is 23.9 Å². The zero-order valence-corrected chi connectivity index (χ0v) is 20.3. The number of hydrogen-bond donors (Lipinski definition) is 1. The van der Waals surface area contributed by atoms with Crippen LogP contribution in [0.2, 0.25) is 0 Å². The molecule has 8 heteroatoms. The molecule has 1 spiro atoms. The van der Waals surface area contributed by atoms with Crippen molar-refractivity contribution in [1.82, 2.24) is 9.80 Å². The number of hydrogen-bond acceptors (Lipinski definition) is 5. The Morgan fingerprint density at radius 1 is 1.00 bits per heavy atom. The number of rotatable bonds is 8. The number of aliphatic hydroxyl groups excluding tert-OH is 1. The van der Waals surface area contributed by atoms with Crippen molar-refractivity contribution in [3.8, 4) is 0 Å². The molecule has 35 heavy (non-hydrogen) atoms. The molecule has 2 aliphatic rings. The lowest BCUT2D eigenvalue weighted by Crippen LogP contribution is -2.52. The van der Waals surface area contributed by atoms with Gasteiger partial charge in [-0.2, -0.15) is 0 Å². The number of para-hydroxylation sites is 1. The van der Waals surface area contributed by atoms with Gasteiger partial charge in [0.25, 0.3) is 17.6 Å². The molecule has 7 nitrogen and oxygen atoms in total. The van der Waals surface area contributed by atoms with Crippen LogP contribution in [-0.2, 0) is 19.9 Å². The summed E-state index contributed by atoms with van der Waals surface area (Å²) in [6, 6.07) is 12.1. The van der Waals surface area contributed by atoms with Crippen molar-refractivity contribution in [2.45, 2.75) is 31.7 Å². The highest BCUT2D eigenvalue weighted by Gasteiger charge is 2.66. The summed E-state index contributed by atoms with van der Waals surface area (Å²) in [6.07, 6.45) is 2.12. The van der Waals surface area contributed by atoms with E-state index in [-0.39, 0.29) is 17.7 Å². The molecule has 0 saturated carbocycles. The van der Waals surface area contributed by atoms with Crippen LogP contribution in [0.1, 0.15) is 37.3 Å². The third-order valence-corrected chi connectivity index (χ3v) is 6.65. The number of ketones is 1. The maximum absolute atomic E-state index is 14.3. The number of carbonyl (C=O) groups is 3. The lowest BCUT2D eigenvalue weighted by molar-refractivity contribution is -0.143. The van der Waals surface area contributed by atoms with Crippen molar-refractivity contribution in [3.05, 3.63) is 71.0 Å². The molecule has 0 aliphatic carbocycles. The Bertz CT molecular complexity index is 1190. The molecule has 184 valence electrons. The third kappa shape index (κ3) is 3.91. The van der Waals surface area contributed by atoms with Crippen molar-refractivity contribution in [2.24, 2.45) is 0 Å². The van der Waals surface area contributed by atoms with Crippen molar-refractivity contribution in [2.75, 3.05) is 38.6 Å². The van der Waals surface area contributed by atoms with E-state index in [2.05, 4.69) is 0 Å². The molecule has 1 saturated heterocycles. The van der Waals surface area contributed by atoms with Gasteiger partial charge in [0.05, 0.1) is 11.3 Å². The van der Waals surface area contributed by atoms with Gasteiger partial charge in [0, 0.05) is 24.2 Å². The van der Waals surface area contributed by atoms with Crippen LogP contribution in [0.4, 0.5) is 10.1 Å². The molecule has 0 radical (unpaired) electrons. The summed E-state index contributed by atoms with van der Waals surface area (Å²) in [5, 5.41) is 11.3. The van der Waals surface area contributed by atoms with Crippen molar-refractivity contribution in [3.63, 3.8) is 0 Å². The Kier molecular flexibility index (Phi) is 6.76. The van der Waals surface area contributed by atoms with Crippen LogP contribution >= 0.6 is 0 Å². The van der Waals surface area contributed by atoms with Gasteiger partial charge in [-0.25, -0.2) is 4.39 Å². The number of halogens is 1. The topological polar surface area (TPSA) is 81.2 Å². The lowest BCUT2D eigenvalue weighted by Gasteiger charge is -2.34. The Morgan fingerprint density at radius 2 is 1.69 bits per heavy atom. The van der Waals surface area contributed by atoms with Crippen LogP contribution in [0.25, 0.3) is 5.76 Å². The minimum atomic E-state index is -1.77. The predicted molar refractivity (Wildman–Crippen MR) is 131 cm³/mol. The zero-order chi connectivity index (χ0) is 25.3. The average Bonchev–Trinajstić information content (AvgIpc) is 3.21. The van der Waals surface area contributed by atoms with Crippen LogP contribution in [0.5, 0.6) is 0 Å². The van der Waals surface area contributed by atoms with E-state index in [4.69, 9.17) is 0 Å². The molecular formula is C27H30FN3O4. The highest BCUT2D eigenvalue weighted by molar-refractivity contribution is 6.50. The number of amides is 2. The maximum atomic E-state index is 14.3. The Hall–Kier alpha value is -3.52. The van der Waals surface area contributed by atoms with Gasteiger partial charge in [0.2, 0.25) is 0 Å². The van der Waals surface area contributed by atoms with Gasteiger partial charge < -0.3 is 19.8 Å². The molecule has 2 aromatic rings. The molecule has 1 atom stereocenters. The fraction of sp³-hybridized carbons (Fsp3) is 0.370. The highest BCUT2D eigenvalue weighted by Crippen LogP contribution is 2.53.